The summed E-state index contributed by atoms with van der Waals surface area (Å²) in [5.74, 6) is -0.359. The maximum Gasteiger partial charge on any atom is 0.326 e. The van der Waals surface area contributed by atoms with Crippen molar-refractivity contribution in [2.24, 2.45) is 0 Å². The van der Waals surface area contributed by atoms with Crippen molar-refractivity contribution >= 4 is 5.97 Å². The van der Waals surface area contributed by atoms with E-state index in [9.17, 15) is 10.0 Å². The number of piperidine rings is 1. The van der Waals surface area contributed by atoms with E-state index in [1.807, 2.05) is 0 Å². The number of nitrogens with zero attached hydrogens (tertiary/aromatic N) is 1. The van der Waals surface area contributed by atoms with Gasteiger partial charge in [-0.25, -0.2) is 0 Å². The number of rotatable bonds is 3. The summed E-state index contributed by atoms with van der Waals surface area (Å²) in [6.45, 7) is 4.20. The molecule has 0 spiro atoms. The number of esters is 1. The number of hydrogen-bond donors (Lipinski definition) is 1. The molecular formula is C9H15NO3. The smallest absolute Gasteiger partial charge is 0.326 e. The lowest BCUT2D eigenvalue weighted by Gasteiger charge is -2.28. The molecule has 0 aromatic heterocycles. The molecule has 1 fully saturated rings. The van der Waals surface area contributed by atoms with Gasteiger partial charge in [-0.2, -0.15) is 5.06 Å². The van der Waals surface area contributed by atoms with Crippen LogP contribution in [0.4, 0.5) is 0 Å². The minimum Gasteiger partial charge on any atom is -0.460 e. The Morgan fingerprint density at radius 2 is 2.46 bits per heavy atom. The molecule has 1 unspecified atom stereocenters. The molecule has 1 saturated heterocycles. The van der Waals surface area contributed by atoms with Crippen molar-refractivity contribution in [3.05, 3.63) is 12.7 Å². The molecule has 1 aliphatic rings. The molecule has 0 bridgehead atoms. The molecule has 0 aromatic carbocycles. The number of hydrogen-bond acceptors (Lipinski definition) is 4. The largest absolute Gasteiger partial charge is 0.460 e. The van der Waals surface area contributed by atoms with Gasteiger partial charge in [-0.1, -0.05) is 12.7 Å². The number of carbonyl (C=O) groups excluding carboxylic acids is 1. The Bertz CT molecular complexity index is 193. The van der Waals surface area contributed by atoms with Gasteiger partial charge < -0.3 is 9.94 Å². The summed E-state index contributed by atoms with van der Waals surface area (Å²) in [6, 6.07) is -0.478. The van der Waals surface area contributed by atoms with Gasteiger partial charge in [0.2, 0.25) is 0 Å². The fourth-order valence-corrected chi connectivity index (χ4v) is 1.39. The van der Waals surface area contributed by atoms with Crippen LogP contribution in [0, 0.1) is 0 Å². The summed E-state index contributed by atoms with van der Waals surface area (Å²) < 4.78 is 4.84. The molecule has 0 saturated carbocycles. The monoisotopic (exact) mass is 185 g/mol. The molecule has 4 nitrogen and oxygen atoms in total. The second-order valence-electron chi connectivity index (χ2n) is 3.09. The zero-order valence-electron chi connectivity index (χ0n) is 7.61. The Kier molecular flexibility index (Phi) is 3.92. The first-order valence-electron chi connectivity index (χ1n) is 4.48. The van der Waals surface area contributed by atoms with Crippen molar-refractivity contribution in [1.29, 1.82) is 0 Å². The van der Waals surface area contributed by atoms with E-state index in [0.29, 0.717) is 13.0 Å². The van der Waals surface area contributed by atoms with E-state index in [2.05, 4.69) is 6.58 Å². The van der Waals surface area contributed by atoms with Crippen LogP contribution < -0.4 is 0 Å². The highest BCUT2D eigenvalue weighted by Gasteiger charge is 2.28. The first-order chi connectivity index (χ1) is 6.25. The Hall–Kier alpha value is -0.870. The quantitative estimate of drug-likeness (QED) is 0.525. The van der Waals surface area contributed by atoms with E-state index < -0.39 is 6.04 Å². The van der Waals surface area contributed by atoms with Crippen LogP contribution in [-0.4, -0.2) is 35.4 Å². The zero-order chi connectivity index (χ0) is 9.68. The van der Waals surface area contributed by atoms with E-state index >= 15 is 0 Å². The number of carbonyl (C=O) groups is 1. The number of ether oxygens (including phenoxy) is 1. The van der Waals surface area contributed by atoms with Gasteiger partial charge in [0, 0.05) is 6.54 Å². The molecule has 74 valence electrons. The van der Waals surface area contributed by atoms with Gasteiger partial charge in [-0.3, -0.25) is 4.79 Å². The number of hydroxylamine groups is 2. The van der Waals surface area contributed by atoms with Crippen molar-refractivity contribution in [2.45, 2.75) is 25.3 Å². The van der Waals surface area contributed by atoms with Crippen LogP contribution >= 0.6 is 0 Å². The summed E-state index contributed by atoms with van der Waals surface area (Å²) in [7, 11) is 0. The third-order valence-electron chi connectivity index (χ3n) is 2.09. The predicted molar refractivity (Wildman–Crippen MR) is 47.3 cm³/mol. The molecule has 0 radical (unpaired) electrons. The van der Waals surface area contributed by atoms with E-state index in [-0.39, 0.29) is 12.6 Å². The minimum absolute atomic E-state index is 0.211. The van der Waals surface area contributed by atoms with E-state index in [0.717, 1.165) is 17.9 Å². The van der Waals surface area contributed by atoms with Crippen molar-refractivity contribution in [3.63, 3.8) is 0 Å². The highest BCUT2D eigenvalue weighted by atomic mass is 16.6. The summed E-state index contributed by atoms with van der Waals surface area (Å²) in [6.07, 6.45) is 4.08. The van der Waals surface area contributed by atoms with Gasteiger partial charge in [-0.15, -0.1) is 0 Å². The zero-order valence-corrected chi connectivity index (χ0v) is 7.61. The Labute approximate surface area is 77.7 Å². The fraction of sp³-hybridized carbons (Fsp3) is 0.667. The van der Waals surface area contributed by atoms with Gasteiger partial charge in [0.25, 0.3) is 0 Å². The van der Waals surface area contributed by atoms with Crippen LogP contribution in [0.1, 0.15) is 19.3 Å². The summed E-state index contributed by atoms with van der Waals surface area (Å²) in [5, 5.41) is 10.4. The highest BCUT2D eigenvalue weighted by Crippen LogP contribution is 2.15. The SMILES string of the molecule is C=CCOC(=O)C1CCCCN1O. The van der Waals surface area contributed by atoms with Crippen LogP contribution in [0.25, 0.3) is 0 Å². The van der Waals surface area contributed by atoms with Crippen LogP contribution in [0.15, 0.2) is 12.7 Å². The van der Waals surface area contributed by atoms with Crippen molar-refractivity contribution in [1.82, 2.24) is 5.06 Å². The summed E-state index contributed by atoms with van der Waals surface area (Å²) in [5.41, 5.74) is 0. The lowest BCUT2D eigenvalue weighted by Crippen LogP contribution is -2.43. The summed E-state index contributed by atoms with van der Waals surface area (Å²) in [4.78, 5) is 11.3. The molecule has 0 amide bonds. The molecule has 0 aromatic rings. The maximum atomic E-state index is 11.3. The molecule has 1 atom stereocenters. The van der Waals surface area contributed by atoms with Gasteiger partial charge in [0.1, 0.15) is 12.6 Å². The first-order valence-corrected chi connectivity index (χ1v) is 4.48. The molecule has 1 aliphatic heterocycles. The van der Waals surface area contributed by atoms with E-state index in [1.54, 1.807) is 0 Å². The first kappa shape index (κ1) is 10.2. The average molecular weight is 185 g/mol. The highest BCUT2D eigenvalue weighted by molar-refractivity contribution is 5.75. The normalized spacial score (nSPS) is 23.9. The van der Waals surface area contributed by atoms with Crippen LogP contribution in [-0.2, 0) is 9.53 Å². The Morgan fingerprint density at radius 1 is 1.69 bits per heavy atom. The van der Waals surface area contributed by atoms with Gasteiger partial charge in [0.05, 0.1) is 0 Å². The molecule has 4 heteroatoms. The van der Waals surface area contributed by atoms with Crippen molar-refractivity contribution in [3.8, 4) is 0 Å². The van der Waals surface area contributed by atoms with E-state index in [4.69, 9.17) is 4.74 Å². The maximum absolute atomic E-state index is 11.3. The second kappa shape index (κ2) is 4.99. The Morgan fingerprint density at radius 3 is 3.08 bits per heavy atom. The minimum atomic E-state index is -0.478. The van der Waals surface area contributed by atoms with Crippen molar-refractivity contribution < 1.29 is 14.7 Å². The molecule has 1 rings (SSSR count). The molecule has 0 aliphatic carbocycles. The molecule has 13 heavy (non-hydrogen) atoms. The molecular weight excluding hydrogens is 170 g/mol. The predicted octanol–water partition coefficient (Wildman–Crippen LogP) is 0.959. The standard InChI is InChI=1S/C9H15NO3/c1-2-7-13-9(11)8-5-3-4-6-10(8)12/h2,8,12H,1,3-7H2. The van der Waals surface area contributed by atoms with Gasteiger partial charge in [-0.05, 0) is 19.3 Å². The van der Waals surface area contributed by atoms with Crippen LogP contribution in [0.3, 0.4) is 0 Å². The lowest BCUT2D eigenvalue weighted by molar-refractivity contribution is -0.180. The third-order valence-corrected chi connectivity index (χ3v) is 2.09. The molecule has 1 heterocycles. The van der Waals surface area contributed by atoms with Crippen molar-refractivity contribution in [2.75, 3.05) is 13.2 Å². The topological polar surface area (TPSA) is 49.8 Å². The van der Waals surface area contributed by atoms with Gasteiger partial charge >= 0.3 is 5.97 Å². The van der Waals surface area contributed by atoms with E-state index in [1.165, 1.54) is 6.08 Å². The summed E-state index contributed by atoms with van der Waals surface area (Å²) >= 11 is 0. The van der Waals surface area contributed by atoms with Crippen LogP contribution in [0.2, 0.25) is 0 Å². The Balaban J connectivity index is 2.39. The lowest BCUT2D eigenvalue weighted by atomic mass is 10.1. The van der Waals surface area contributed by atoms with Crippen LogP contribution in [0.5, 0.6) is 0 Å². The average Bonchev–Trinajstić information content (AvgIpc) is 2.15. The molecule has 1 N–H and O–H groups in total. The third kappa shape index (κ3) is 2.82. The van der Waals surface area contributed by atoms with Gasteiger partial charge in [0.15, 0.2) is 0 Å². The second-order valence-corrected chi connectivity index (χ2v) is 3.09. The fourth-order valence-electron chi connectivity index (χ4n) is 1.39.